The van der Waals surface area contributed by atoms with Gasteiger partial charge in [0.1, 0.15) is 0 Å². The van der Waals surface area contributed by atoms with Crippen LogP contribution in [-0.2, 0) is 0 Å². The number of nitrogens with one attached hydrogen (secondary N) is 1. The van der Waals surface area contributed by atoms with Crippen molar-refractivity contribution < 1.29 is 4.79 Å². The minimum Gasteiger partial charge on any atom is -0.345 e. The van der Waals surface area contributed by atoms with E-state index in [1.54, 1.807) is 0 Å². The molecule has 2 heteroatoms. The second-order valence-electron chi connectivity index (χ2n) is 6.72. The summed E-state index contributed by atoms with van der Waals surface area (Å²) in [6.45, 7) is 6.31. The van der Waals surface area contributed by atoms with Gasteiger partial charge in [-0.3, -0.25) is 4.79 Å². The van der Waals surface area contributed by atoms with Crippen LogP contribution >= 0.6 is 0 Å². The average Bonchev–Trinajstić information content (AvgIpc) is 2.69. The predicted octanol–water partition coefficient (Wildman–Crippen LogP) is 5.85. The van der Waals surface area contributed by atoms with Gasteiger partial charge >= 0.3 is 0 Å². The van der Waals surface area contributed by atoms with Gasteiger partial charge in [0.15, 0.2) is 0 Å². The molecule has 0 fully saturated rings. The Morgan fingerprint density at radius 2 is 1.50 bits per heavy atom. The molecule has 0 bridgehead atoms. The third-order valence-electron chi connectivity index (χ3n) is 4.90. The van der Waals surface area contributed by atoms with Gasteiger partial charge in [-0.15, -0.1) is 0 Å². The van der Waals surface area contributed by atoms with Crippen LogP contribution in [0.4, 0.5) is 0 Å². The van der Waals surface area contributed by atoms with Gasteiger partial charge in [0.05, 0.1) is 6.04 Å². The molecule has 1 amide bonds. The first-order valence-corrected chi connectivity index (χ1v) is 9.12. The van der Waals surface area contributed by atoms with Crippen LogP contribution in [0.2, 0.25) is 0 Å². The molecule has 0 heterocycles. The maximum Gasteiger partial charge on any atom is 0.251 e. The van der Waals surface area contributed by atoms with Gasteiger partial charge in [0.25, 0.3) is 5.91 Å². The van der Waals surface area contributed by atoms with E-state index < -0.39 is 0 Å². The number of amides is 1. The Kier molecular flexibility index (Phi) is 5.52. The van der Waals surface area contributed by atoms with Crippen LogP contribution in [0.1, 0.15) is 46.4 Å². The molecule has 3 aromatic rings. The van der Waals surface area contributed by atoms with Crippen LogP contribution in [0, 0.1) is 13.8 Å². The first-order valence-electron chi connectivity index (χ1n) is 9.12. The number of carbonyl (C=O) groups excluding carboxylic acids is 1. The molecule has 1 N–H and O–H groups in total. The summed E-state index contributed by atoms with van der Waals surface area (Å²) in [7, 11) is 0. The summed E-state index contributed by atoms with van der Waals surface area (Å²) < 4.78 is 0. The van der Waals surface area contributed by atoms with Gasteiger partial charge < -0.3 is 5.32 Å². The van der Waals surface area contributed by atoms with Crippen molar-refractivity contribution in [1.29, 1.82) is 0 Å². The van der Waals surface area contributed by atoms with Crippen molar-refractivity contribution in [3.8, 4) is 11.1 Å². The summed E-state index contributed by atoms with van der Waals surface area (Å²) in [6.07, 6.45) is 0.857. The number of benzene rings is 3. The highest BCUT2D eigenvalue weighted by Crippen LogP contribution is 2.22. The first-order chi connectivity index (χ1) is 12.6. The molecule has 0 spiro atoms. The van der Waals surface area contributed by atoms with Gasteiger partial charge in [0, 0.05) is 5.56 Å². The van der Waals surface area contributed by atoms with Crippen molar-refractivity contribution in [2.24, 2.45) is 0 Å². The molecule has 0 radical (unpaired) electrons. The summed E-state index contributed by atoms with van der Waals surface area (Å²) in [5, 5.41) is 3.17. The number of carbonyl (C=O) groups is 1. The second-order valence-corrected chi connectivity index (χ2v) is 6.72. The molecule has 0 saturated carbocycles. The Balaban J connectivity index is 1.75. The fourth-order valence-corrected chi connectivity index (χ4v) is 3.09. The third-order valence-corrected chi connectivity index (χ3v) is 4.90. The Morgan fingerprint density at radius 3 is 2.12 bits per heavy atom. The Labute approximate surface area is 155 Å². The zero-order valence-electron chi connectivity index (χ0n) is 15.6. The molecular formula is C24H25NO. The summed E-state index contributed by atoms with van der Waals surface area (Å²) in [6, 6.07) is 24.4. The minimum absolute atomic E-state index is 0.0237. The fourth-order valence-electron chi connectivity index (χ4n) is 3.09. The predicted molar refractivity (Wildman–Crippen MR) is 108 cm³/mol. The molecule has 132 valence electrons. The molecule has 1 unspecified atom stereocenters. The zero-order chi connectivity index (χ0) is 18.5. The molecule has 1 atom stereocenters. The lowest BCUT2D eigenvalue weighted by molar-refractivity contribution is 0.0935. The molecule has 0 aliphatic rings. The van der Waals surface area contributed by atoms with E-state index in [1.807, 2.05) is 42.5 Å². The standard InChI is InChI=1S/C24H25NO/c1-4-23(22-11-10-17(2)18(3)16-22)25-24(26)21-14-12-20(13-15-21)19-8-6-5-7-9-19/h5-16,23H,4H2,1-3H3,(H,25,26). The highest BCUT2D eigenvalue weighted by Gasteiger charge is 2.14. The second kappa shape index (κ2) is 8.01. The number of rotatable bonds is 5. The van der Waals surface area contributed by atoms with E-state index in [0.717, 1.165) is 23.1 Å². The third kappa shape index (κ3) is 4.02. The average molecular weight is 343 g/mol. The Morgan fingerprint density at radius 1 is 0.846 bits per heavy atom. The number of hydrogen-bond donors (Lipinski definition) is 1. The highest BCUT2D eigenvalue weighted by atomic mass is 16.1. The first kappa shape index (κ1) is 17.9. The van der Waals surface area contributed by atoms with E-state index >= 15 is 0 Å². The van der Waals surface area contributed by atoms with E-state index in [1.165, 1.54) is 11.1 Å². The molecule has 0 aromatic heterocycles. The van der Waals surface area contributed by atoms with E-state index in [4.69, 9.17) is 0 Å². The zero-order valence-corrected chi connectivity index (χ0v) is 15.6. The maximum atomic E-state index is 12.7. The summed E-state index contributed by atoms with van der Waals surface area (Å²) in [4.78, 5) is 12.7. The summed E-state index contributed by atoms with van der Waals surface area (Å²) in [5.74, 6) is -0.0327. The largest absolute Gasteiger partial charge is 0.345 e. The van der Waals surface area contributed by atoms with Crippen molar-refractivity contribution in [2.75, 3.05) is 0 Å². The quantitative estimate of drug-likeness (QED) is 0.618. The lowest BCUT2D eigenvalue weighted by atomic mass is 9.99. The number of hydrogen-bond acceptors (Lipinski definition) is 1. The van der Waals surface area contributed by atoms with E-state index in [0.29, 0.717) is 5.56 Å². The summed E-state index contributed by atoms with van der Waals surface area (Å²) >= 11 is 0. The van der Waals surface area contributed by atoms with Gasteiger partial charge in [-0.1, -0.05) is 67.6 Å². The van der Waals surface area contributed by atoms with E-state index in [9.17, 15) is 4.79 Å². The van der Waals surface area contributed by atoms with E-state index in [2.05, 4.69) is 56.4 Å². The monoisotopic (exact) mass is 343 g/mol. The SMILES string of the molecule is CCC(NC(=O)c1ccc(-c2ccccc2)cc1)c1ccc(C)c(C)c1. The maximum absolute atomic E-state index is 12.7. The van der Waals surface area contributed by atoms with Crippen LogP contribution in [-0.4, -0.2) is 5.91 Å². The number of aryl methyl sites for hydroxylation is 2. The minimum atomic E-state index is -0.0327. The molecule has 2 nitrogen and oxygen atoms in total. The van der Waals surface area contributed by atoms with Crippen molar-refractivity contribution in [3.05, 3.63) is 95.1 Å². The van der Waals surface area contributed by atoms with Crippen LogP contribution in [0.15, 0.2) is 72.8 Å². The van der Waals surface area contributed by atoms with Crippen molar-refractivity contribution in [1.82, 2.24) is 5.32 Å². The van der Waals surface area contributed by atoms with Crippen molar-refractivity contribution >= 4 is 5.91 Å². The molecule has 0 aliphatic heterocycles. The molecule has 3 rings (SSSR count). The Hall–Kier alpha value is -2.87. The molecule has 0 saturated heterocycles. The topological polar surface area (TPSA) is 29.1 Å². The fraction of sp³-hybridized carbons (Fsp3) is 0.208. The van der Waals surface area contributed by atoms with Gasteiger partial charge in [-0.05, 0) is 60.2 Å². The summed E-state index contributed by atoms with van der Waals surface area (Å²) in [5.41, 5.74) is 6.63. The lowest BCUT2D eigenvalue weighted by Crippen LogP contribution is -2.28. The van der Waals surface area contributed by atoms with Crippen LogP contribution in [0.25, 0.3) is 11.1 Å². The Bertz CT molecular complexity index is 882. The van der Waals surface area contributed by atoms with Gasteiger partial charge in [-0.2, -0.15) is 0 Å². The van der Waals surface area contributed by atoms with Crippen LogP contribution < -0.4 is 5.32 Å². The highest BCUT2D eigenvalue weighted by molar-refractivity contribution is 5.95. The van der Waals surface area contributed by atoms with E-state index in [-0.39, 0.29) is 11.9 Å². The van der Waals surface area contributed by atoms with Crippen LogP contribution in [0.3, 0.4) is 0 Å². The normalized spacial score (nSPS) is 11.8. The van der Waals surface area contributed by atoms with Crippen LogP contribution in [0.5, 0.6) is 0 Å². The van der Waals surface area contributed by atoms with Gasteiger partial charge in [-0.25, -0.2) is 0 Å². The molecule has 3 aromatic carbocycles. The van der Waals surface area contributed by atoms with Gasteiger partial charge in [0.2, 0.25) is 0 Å². The molecular weight excluding hydrogens is 318 g/mol. The van der Waals surface area contributed by atoms with Crippen molar-refractivity contribution in [3.63, 3.8) is 0 Å². The smallest absolute Gasteiger partial charge is 0.251 e. The molecule has 0 aliphatic carbocycles. The molecule has 26 heavy (non-hydrogen) atoms. The van der Waals surface area contributed by atoms with Crippen molar-refractivity contribution in [2.45, 2.75) is 33.2 Å². The lowest BCUT2D eigenvalue weighted by Gasteiger charge is -2.19.